The van der Waals surface area contributed by atoms with Gasteiger partial charge in [0, 0.05) is 11.4 Å². The van der Waals surface area contributed by atoms with Crippen LogP contribution in [0.15, 0.2) is 46.7 Å². The highest BCUT2D eigenvalue weighted by Gasteiger charge is 2.07. The van der Waals surface area contributed by atoms with Crippen LogP contribution in [0.25, 0.3) is 0 Å². The summed E-state index contributed by atoms with van der Waals surface area (Å²) in [6.07, 6.45) is 2.04. The van der Waals surface area contributed by atoms with Crippen LogP contribution in [0.2, 0.25) is 0 Å². The number of thiophene rings is 1. The maximum absolute atomic E-state index is 11.8. The van der Waals surface area contributed by atoms with Gasteiger partial charge in [-0.25, -0.2) is 0 Å². The van der Waals surface area contributed by atoms with E-state index in [1.54, 1.807) is 11.8 Å². The van der Waals surface area contributed by atoms with Crippen molar-refractivity contribution in [1.29, 1.82) is 0 Å². The van der Waals surface area contributed by atoms with E-state index in [1.807, 2.05) is 42.0 Å². The Morgan fingerprint density at radius 3 is 2.82 bits per heavy atom. The van der Waals surface area contributed by atoms with Gasteiger partial charge in [0.1, 0.15) is 0 Å². The molecule has 2 rings (SSSR count). The molecule has 0 aliphatic rings. The van der Waals surface area contributed by atoms with Gasteiger partial charge in [-0.05, 0) is 29.3 Å². The van der Waals surface area contributed by atoms with Crippen LogP contribution < -0.4 is 5.32 Å². The Morgan fingerprint density at radius 1 is 1.29 bits per heavy atom. The number of benzene rings is 1. The van der Waals surface area contributed by atoms with Crippen LogP contribution >= 0.6 is 23.1 Å². The van der Waals surface area contributed by atoms with Crippen LogP contribution in [0.1, 0.15) is 15.2 Å². The normalized spacial score (nSPS) is 10.2. The van der Waals surface area contributed by atoms with E-state index in [2.05, 4.69) is 11.4 Å². The molecule has 0 unspecified atom stereocenters. The summed E-state index contributed by atoms with van der Waals surface area (Å²) in [6, 6.07) is 11.8. The number of carbonyl (C=O) groups is 1. The summed E-state index contributed by atoms with van der Waals surface area (Å²) in [6.45, 7) is 0.577. The van der Waals surface area contributed by atoms with Crippen LogP contribution in [0, 0.1) is 0 Å². The van der Waals surface area contributed by atoms with Crippen molar-refractivity contribution in [3.8, 4) is 0 Å². The van der Waals surface area contributed by atoms with E-state index in [9.17, 15) is 4.79 Å². The smallest absolute Gasteiger partial charge is 0.261 e. The molecule has 0 bridgehead atoms. The molecule has 1 heterocycles. The van der Waals surface area contributed by atoms with Crippen molar-refractivity contribution in [3.05, 3.63) is 52.2 Å². The second kappa shape index (κ2) is 5.89. The number of nitrogens with one attached hydrogen (secondary N) is 1. The topological polar surface area (TPSA) is 29.1 Å². The first-order valence-corrected chi connectivity index (χ1v) is 7.35. The number of carbonyl (C=O) groups excluding carboxylic acids is 1. The molecule has 4 heteroatoms. The zero-order valence-corrected chi connectivity index (χ0v) is 11.1. The van der Waals surface area contributed by atoms with E-state index in [4.69, 9.17) is 0 Å². The Kier molecular flexibility index (Phi) is 4.23. The first-order valence-electron chi connectivity index (χ1n) is 5.25. The molecule has 0 aliphatic heterocycles. The molecule has 0 aliphatic carbocycles. The lowest BCUT2D eigenvalue weighted by Gasteiger charge is -2.07. The lowest BCUT2D eigenvalue weighted by molar-refractivity contribution is 0.0954. The number of hydrogen-bond donors (Lipinski definition) is 1. The van der Waals surface area contributed by atoms with E-state index in [0.717, 1.165) is 10.4 Å². The van der Waals surface area contributed by atoms with Crippen LogP contribution in [0.3, 0.4) is 0 Å². The molecule has 1 aromatic carbocycles. The van der Waals surface area contributed by atoms with Crippen molar-refractivity contribution in [1.82, 2.24) is 5.32 Å². The quantitative estimate of drug-likeness (QED) is 0.857. The molecule has 2 nitrogen and oxygen atoms in total. The van der Waals surface area contributed by atoms with Gasteiger partial charge < -0.3 is 5.32 Å². The SMILES string of the molecule is CSc1ccccc1CNC(=O)c1cccs1. The van der Waals surface area contributed by atoms with Crippen LogP contribution in [-0.4, -0.2) is 12.2 Å². The Hall–Kier alpha value is -1.26. The maximum Gasteiger partial charge on any atom is 0.261 e. The van der Waals surface area contributed by atoms with Crippen molar-refractivity contribution in [2.24, 2.45) is 0 Å². The van der Waals surface area contributed by atoms with Gasteiger partial charge in [0.15, 0.2) is 0 Å². The average Bonchev–Trinajstić information content (AvgIpc) is 2.90. The Balaban J connectivity index is 2.00. The van der Waals surface area contributed by atoms with Crippen LogP contribution in [0.5, 0.6) is 0 Å². The maximum atomic E-state index is 11.8. The molecular weight excluding hydrogens is 250 g/mol. The van der Waals surface area contributed by atoms with Gasteiger partial charge in [-0.1, -0.05) is 24.3 Å². The summed E-state index contributed by atoms with van der Waals surface area (Å²) in [5.41, 5.74) is 1.16. The Morgan fingerprint density at radius 2 is 2.12 bits per heavy atom. The molecule has 0 saturated carbocycles. The van der Waals surface area contributed by atoms with Gasteiger partial charge in [0.2, 0.25) is 0 Å². The highest BCUT2D eigenvalue weighted by Crippen LogP contribution is 2.19. The first-order chi connectivity index (χ1) is 8.31. The van der Waals surface area contributed by atoms with Gasteiger partial charge in [-0.3, -0.25) is 4.79 Å². The van der Waals surface area contributed by atoms with Crippen molar-refractivity contribution in [2.75, 3.05) is 6.26 Å². The summed E-state index contributed by atoms with van der Waals surface area (Å²) < 4.78 is 0. The van der Waals surface area contributed by atoms with E-state index >= 15 is 0 Å². The molecule has 1 aromatic heterocycles. The summed E-state index contributed by atoms with van der Waals surface area (Å²) in [5.74, 6) is -0.00379. The van der Waals surface area contributed by atoms with Gasteiger partial charge in [-0.2, -0.15) is 0 Å². The third-order valence-corrected chi connectivity index (χ3v) is 4.08. The van der Waals surface area contributed by atoms with Crippen molar-refractivity contribution in [2.45, 2.75) is 11.4 Å². The van der Waals surface area contributed by atoms with Crippen molar-refractivity contribution in [3.63, 3.8) is 0 Å². The van der Waals surface area contributed by atoms with Gasteiger partial charge in [-0.15, -0.1) is 23.1 Å². The molecule has 1 N–H and O–H groups in total. The summed E-state index contributed by atoms with van der Waals surface area (Å²) in [7, 11) is 0. The first kappa shape index (κ1) is 12.2. The predicted octanol–water partition coefficient (Wildman–Crippen LogP) is 3.40. The fourth-order valence-electron chi connectivity index (χ4n) is 1.52. The fraction of sp³-hybridized carbons (Fsp3) is 0.154. The summed E-state index contributed by atoms with van der Waals surface area (Å²) in [5, 5.41) is 4.84. The molecule has 0 saturated heterocycles. The standard InChI is InChI=1S/C13H13NOS2/c1-16-11-6-3-2-5-10(11)9-14-13(15)12-7-4-8-17-12/h2-8H,9H2,1H3,(H,14,15). The minimum Gasteiger partial charge on any atom is -0.347 e. The molecule has 0 atom stereocenters. The van der Waals surface area contributed by atoms with Gasteiger partial charge >= 0.3 is 0 Å². The molecule has 2 aromatic rings. The molecular formula is C13H13NOS2. The van der Waals surface area contributed by atoms with Crippen LogP contribution in [-0.2, 0) is 6.54 Å². The fourth-order valence-corrected chi connectivity index (χ4v) is 2.78. The number of amides is 1. The lowest BCUT2D eigenvalue weighted by Crippen LogP contribution is -2.22. The second-order valence-corrected chi connectivity index (χ2v) is 5.27. The number of thioether (sulfide) groups is 1. The average molecular weight is 263 g/mol. The molecule has 0 spiro atoms. The molecule has 1 amide bonds. The van der Waals surface area contributed by atoms with E-state index in [1.165, 1.54) is 16.2 Å². The zero-order chi connectivity index (χ0) is 12.1. The highest BCUT2D eigenvalue weighted by molar-refractivity contribution is 7.98. The highest BCUT2D eigenvalue weighted by atomic mass is 32.2. The van der Waals surface area contributed by atoms with Gasteiger partial charge in [0.25, 0.3) is 5.91 Å². The van der Waals surface area contributed by atoms with E-state index in [0.29, 0.717) is 6.54 Å². The third-order valence-electron chi connectivity index (χ3n) is 2.38. The van der Waals surface area contributed by atoms with Crippen molar-refractivity contribution >= 4 is 29.0 Å². The third kappa shape index (κ3) is 3.11. The number of rotatable bonds is 4. The van der Waals surface area contributed by atoms with Gasteiger partial charge in [0.05, 0.1) is 4.88 Å². The predicted molar refractivity (Wildman–Crippen MR) is 73.7 cm³/mol. The van der Waals surface area contributed by atoms with Crippen molar-refractivity contribution < 1.29 is 4.79 Å². The molecule has 17 heavy (non-hydrogen) atoms. The summed E-state index contributed by atoms with van der Waals surface area (Å²) >= 11 is 3.15. The van der Waals surface area contributed by atoms with E-state index in [-0.39, 0.29) is 5.91 Å². The Bertz CT molecular complexity index is 494. The lowest BCUT2D eigenvalue weighted by atomic mass is 10.2. The second-order valence-electron chi connectivity index (χ2n) is 3.47. The largest absolute Gasteiger partial charge is 0.347 e. The van der Waals surface area contributed by atoms with E-state index < -0.39 is 0 Å². The summed E-state index contributed by atoms with van der Waals surface area (Å²) in [4.78, 5) is 13.7. The monoisotopic (exact) mass is 263 g/mol. The zero-order valence-electron chi connectivity index (χ0n) is 9.47. The molecule has 88 valence electrons. The minimum atomic E-state index is -0.00379. The number of hydrogen-bond acceptors (Lipinski definition) is 3. The molecule has 0 fully saturated rings. The Labute approximate surface area is 109 Å². The van der Waals surface area contributed by atoms with Crippen LogP contribution in [0.4, 0.5) is 0 Å². The minimum absolute atomic E-state index is 0.00379. The molecule has 0 radical (unpaired) electrons.